The number of methoxy groups -OCH3 is 2. The van der Waals surface area contributed by atoms with Gasteiger partial charge in [-0.15, -0.1) is 0 Å². The Morgan fingerprint density at radius 1 is 1.07 bits per heavy atom. The fourth-order valence-corrected chi connectivity index (χ4v) is 3.15. The molecule has 1 amide bonds. The van der Waals surface area contributed by atoms with Crippen LogP contribution in [0.15, 0.2) is 48.5 Å². The van der Waals surface area contributed by atoms with Crippen LogP contribution < -0.4 is 14.8 Å². The molecule has 1 aliphatic rings. The predicted molar refractivity (Wildman–Crippen MR) is 115 cm³/mol. The van der Waals surface area contributed by atoms with E-state index in [1.165, 1.54) is 11.6 Å². The second-order valence-electron chi connectivity index (χ2n) is 6.87. The smallest absolute Gasteiger partial charge is 0.248 e. The highest BCUT2D eigenvalue weighted by atomic mass is 16.5. The first-order chi connectivity index (χ1) is 14.2. The van der Waals surface area contributed by atoms with Crippen LogP contribution in [0.1, 0.15) is 11.1 Å². The van der Waals surface area contributed by atoms with Crippen molar-refractivity contribution in [2.75, 3.05) is 52.4 Å². The Hall–Kier alpha value is -2.83. The molecule has 0 radical (unpaired) electrons. The van der Waals surface area contributed by atoms with E-state index in [1.807, 2.05) is 24.3 Å². The SMILES string of the molecule is COc1cc(/C=C/C(=O)Nc2ccc(CCN3CCOCC3)cc2)cc(OC)c1. The van der Waals surface area contributed by atoms with Gasteiger partial charge in [-0.2, -0.15) is 0 Å². The lowest BCUT2D eigenvalue weighted by Crippen LogP contribution is -2.37. The van der Waals surface area contributed by atoms with E-state index in [9.17, 15) is 4.79 Å². The molecule has 29 heavy (non-hydrogen) atoms. The van der Waals surface area contributed by atoms with Crippen LogP contribution >= 0.6 is 0 Å². The zero-order chi connectivity index (χ0) is 20.5. The third-order valence-corrected chi connectivity index (χ3v) is 4.84. The van der Waals surface area contributed by atoms with Gasteiger partial charge in [-0.25, -0.2) is 0 Å². The number of morpholine rings is 1. The molecular weight excluding hydrogens is 368 g/mol. The number of hydrogen-bond acceptors (Lipinski definition) is 5. The molecule has 6 heteroatoms. The van der Waals surface area contributed by atoms with Gasteiger partial charge in [0.15, 0.2) is 0 Å². The van der Waals surface area contributed by atoms with E-state index in [-0.39, 0.29) is 5.91 Å². The first-order valence-electron chi connectivity index (χ1n) is 9.77. The number of benzene rings is 2. The summed E-state index contributed by atoms with van der Waals surface area (Å²) in [5, 5.41) is 2.89. The molecule has 1 saturated heterocycles. The summed E-state index contributed by atoms with van der Waals surface area (Å²) < 4.78 is 15.9. The van der Waals surface area contributed by atoms with E-state index in [1.54, 1.807) is 26.4 Å². The summed E-state index contributed by atoms with van der Waals surface area (Å²) in [6, 6.07) is 13.5. The Balaban J connectivity index is 1.51. The summed E-state index contributed by atoms with van der Waals surface area (Å²) in [4.78, 5) is 14.6. The molecule has 0 aromatic heterocycles. The molecule has 154 valence electrons. The van der Waals surface area contributed by atoms with Crippen molar-refractivity contribution in [2.45, 2.75) is 6.42 Å². The summed E-state index contributed by atoms with van der Waals surface area (Å²) in [6.07, 6.45) is 4.23. The maximum Gasteiger partial charge on any atom is 0.248 e. The van der Waals surface area contributed by atoms with Crippen LogP contribution in [0.3, 0.4) is 0 Å². The average Bonchev–Trinajstić information content (AvgIpc) is 2.77. The summed E-state index contributed by atoms with van der Waals surface area (Å²) in [5.74, 6) is 1.17. The van der Waals surface area contributed by atoms with Gasteiger partial charge < -0.3 is 19.5 Å². The lowest BCUT2D eigenvalue weighted by atomic mass is 10.1. The van der Waals surface area contributed by atoms with Crippen molar-refractivity contribution in [1.82, 2.24) is 4.90 Å². The van der Waals surface area contributed by atoms with Gasteiger partial charge in [0.2, 0.25) is 5.91 Å². The van der Waals surface area contributed by atoms with Crippen LogP contribution in [0, 0.1) is 0 Å². The van der Waals surface area contributed by atoms with E-state index < -0.39 is 0 Å². The quantitative estimate of drug-likeness (QED) is 0.694. The fourth-order valence-electron chi connectivity index (χ4n) is 3.15. The summed E-state index contributed by atoms with van der Waals surface area (Å²) >= 11 is 0. The number of hydrogen-bond donors (Lipinski definition) is 1. The normalized spacial score (nSPS) is 14.7. The van der Waals surface area contributed by atoms with Crippen LogP contribution in [0.5, 0.6) is 11.5 Å². The van der Waals surface area contributed by atoms with Gasteiger partial charge in [-0.3, -0.25) is 9.69 Å². The summed E-state index contributed by atoms with van der Waals surface area (Å²) in [7, 11) is 3.19. The standard InChI is InChI=1S/C23H28N2O4/c1-27-21-15-19(16-22(17-21)28-2)5-8-23(26)24-20-6-3-18(4-7-20)9-10-25-11-13-29-14-12-25/h3-8,15-17H,9-14H2,1-2H3,(H,24,26)/b8-5+. The van der Waals surface area contributed by atoms with Gasteiger partial charge in [0.25, 0.3) is 0 Å². The fraction of sp³-hybridized carbons (Fsp3) is 0.348. The summed E-state index contributed by atoms with van der Waals surface area (Å²) in [5.41, 5.74) is 2.86. The topological polar surface area (TPSA) is 60.0 Å². The second-order valence-corrected chi connectivity index (χ2v) is 6.87. The van der Waals surface area contributed by atoms with Gasteiger partial charge in [0.1, 0.15) is 11.5 Å². The number of anilines is 1. The summed E-state index contributed by atoms with van der Waals surface area (Å²) in [6.45, 7) is 4.67. The molecule has 6 nitrogen and oxygen atoms in total. The number of nitrogens with one attached hydrogen (secondary N) is 1. The maximum absolute atomic E-state index is 12.2. The van der Waals surface area contributed by atoms with E-state index in [2.05, 4.69) is 22.3 Å². The molecule has 2 aromatic carbocycles. The number of carbonyl (C=O) groups excluding carboxylic acids is 1. The Morgan fingerprint density at radius 2 is 1.72 bits per heavy atom. The van der Waals surface area contributed by atoms with Crippen LogP contribution in [0.25, 0.3) is 6.08 Å². The van der Waals surface area contributed by atoms with Gasteiger partial charge in [0.05, 0.1) is 27.4 Å². The zero-order valence-electron chi connectivity index (χ0n) is 17.0. The molecule has 1 heterocycles. The first-order valence-corrected chi connectivity index (χ1v) is 9.77. The number of ether oxygens (including phenoxy) is 3. The van der Waals surface area contributed by atoms with E-state index in [0.717, 1.165) is 50.5 Å². The minimum Gasteiger partial charge on any atom is -0.497 e. The lowest BCUT2D eigenvalue weighted by molar-refractivity contribution is -0.111. The van der Waals surface area contributed by atoms with Crippen LogP contribution in [0.4, 0.5) is 5.69 Å². The second kappa shape index (κ2) is 10.6. The molecule has 0 bridgehead atoms. The van der Waals surface area contributed by atoms with Crippen molar-refractivity contribution in [3.8, 4) is 11.5 Å². The Labute approximate surface area is 172 Å². The predicted octanol–water partition coefficient (Wildman–Crippen LogP) is 3.23. The highest BCUT2D eigenvalue weighted by molar-refractivity contribution is 6.01. The monoisotopic (exact) mass is 396 g/mol. The molecule has 0 saturated carbocycles. The van der Waals surface area contributed by atoms with E-state index in [0.29, 0.717) is 11.5 Å². The third kappa shape index (κ3) is 6.62. The van der Waals surface area contributed by atoms with Crippen molar-refractivity contribution in [3.63, 3.8) is 0 Å². The first kappa shape index (κ1) is 20.9. The van der Waals surface area contributed by atoms with E-state index >= 15 is 0 Å². The van der Waals surface area contributed by atoms with Crippen molar-refractivity contribution in [1.29, 1.82) is 0 Å². The average molecular weight is 396 g/mol. The highest BCUT2D eigenvalue weighted by Crippen LogP contribution is 2.23. The van der Waals surface area contributed by atoms with Crippen molar-refractivity contribution < 1.29 is 19.0 Å². The van der Waals surface area contributed by atoms with Crippen LogP contribution in [0.2, 0.25) is 0 Å². The van der Waals surface area contributed by atoms with Gasteiger partial charge >= 0.3 is 0 Å². The molecule has 0 aliphatic carbocycles. The van der Waals surface area contributed by atoms with Crippen molar-refractivity contribution in [2.24, 2.45) is 0 Å². The van der Waals surface area contributed by atoms with Gasteiger partial charge in [-0.1, -0.05) is 12.1 Å². The lowest BCUT2D eigenvalue weighted by Gasteiger charge is -2.26. The Bertz CT molecular complexity index is 805. The van der Waals surface area contributed by atoms with Gasteiger partial charge in [-0.05, 0) is 47.9 Å². The molecule has 1 aliphatic heterocycles. The number of amides is 1. The minimum absolute atomic E-state index is 0.187. The largest absolute Gasteiger partial charge is 0.497 e. The van der Waals surface area contributed by atoms with Crippen molar-refractivity contribution in [3.05, 3.63) is 59.7 Å². The molecule has 0 spiro atoms. The number of rotatable bonds is 8. The molecule has 2 aromatic rings. The Kier molecular flexibility index (Phi) is 7.67. The maximum atomic E-state index is 12.2. The molecule has 1 N–H and O–H groups in total. The highest BCUT2D eigenvalue weighted by Gasteiger charge is 2.09. The third-order valence-electron chi connectivity index (χ3n) is 4.84. The molecule has 0 atom stereocenters. The molecule has 3 rings (SSSR count). The minimum atomic E-state index is -0.187. The molecule has 0 unspecified atom stereocenters. The van der Waals surface area contributed by atoms with E-state index in [4.69, 9.17) is 14.2 Å². The number of nitrogens with zero attached hydrogens (tertiary/aromatic N) is 1. The van der Waals surface area contributed by atoms with Crippen LogP contribution in [-0.2, 0) is 16.0 Å². The number of carbonyl (C=O) groups is 1. The molecular formula is C23H28N2O4. The van der Waals surface area contributed by atoms with Crippen LogP contribution in [-0.4, -0.2) is 57.9 Å². The Morgan fingerprint density at radius 3 is 2.34 bits per heavy atom. The van der Waals surface area contributed by atoms with Gasteiger partial charge in [0, 0.05) is 37.5 Å². The molecule has 1 fully saturated rings. The van der Waals surface area contributed by atoms with Crippen molar-refractivity contribution >= 4 is 17.7 Å². The zero-order valence-corrected chi connectivity index (χ0v) is 17.0.